The van der Waals surface area contributed by atoms with Crippen LogP contribution in [0.1, 0.15) is 37.9 Å². The van der Waals surface area contributed by atoms with Crippen molar-refractivity contribution in [1.29, 1.82) is 0 Å². The van der Waals surface area contributed by atoms with Crippen LogP contribution in [0.4, 0.5) is 0 Å². The van der Waals surface area contributed by atoms with E-state index in [0.29, 0.717) is 5.75 Å². The Kier molecular flexibility index (Phi) is 5.59. The lowest BCUT2D eigenvalue weighted by molar-refractivity contribution is -0.127. The molecule has 0 aromatic heterocycles. The summed E-state index contributed by atoms with van der Waals surface area (Å²) >= 11 is 0. The van der Waals surface area contributed by atoms with Gasteiger partial charge in [0.25, 0.3) is 5.91 Å². The van der Waals surface area contributed by atoms with Gasteiger partial charge < -0.3 is 10.1 Å². The maximum atomic E-state index is 12.2. The Morgan fingerprint density at radius 1 is 1.05 bits per heavy atom. The molecule has 0 radical (unpaired) electrons. The van der Waals surface area contributed by atoms with E-state index < -0.39 is 6.10 Å². The van der Waals surface area contributed by atoms with Crippen LogP contribution in [-0.2, 0) is 11.2 Å². The van der Waals surface area contributed by atoms with Gasteiger partial charge in [0, 0.05) is 0 Å². The van der Waals surface area contributed by atoms with E-state index in [1.165, 1.54) is 5.56 Å². The fourth-order valence-corrected chi connectivity index (χ4v) is 2.21. The normalized spacial score (nSPS) is 13.2. The van der Waals surface area contributed by atoms with Crippen molar-refractivity contribution in [3.63, 3.8) is 0 Å². The van der Waals surface area contributed by atoms with Gasteiger partial charge in [-0.25, -0.2) is 0 Å². The summed E-state index contributed by atoms with van der Waals surface area (Å²) in [6, 6.07) is 17.7. The number of hydrogen-bond acceptors (Lipinski definition) is 2. The summed E-state index contributed by atoms with van der Waals surface area (Å²) in [6.07, 6.45) is 0.489. The zero-order valence-electron chi connectivity index (χ0n) is 13.4. The van der Waals surface area contributed by atoms with Crippen molar-refractivity contribution in [2.75, 3.05) is 0 Å². The van der Waals surface area contributed by atoms with E-state index in [1.54, 1.807) is 6.92 Å². The Hall–Kier alpha value is -2.29. The quantitative estimate of drug-likeness (QED) is 0.878. The zero-order chi connectivity index (χ0) is 15.9. The first-order chi connectivity index (χ1) is 10.6. The molecule has 2 rings (SSSR count). The van der Waals surface area contributed by atoms with Crippen LogP contribution < -0.4 is 10.1 Å². The molecule has 0 bridgehead atoms. The number of carbonyl (C=O) groups excluding carboxylic acids is 1. The monoisotopic (exact) mass is 297 g/mol. The summed E-state index contributed by atoms with van der Waals surface area (Å²) in [4.78, 5) is 12.2. The molecule has 0 aliphatic rings. The molecule has 0 heterocycles. The lowest BCUT2D eigenvalue weighted by Gasteiger charge is -2.19. The Bertz CT molecular complexity index is 593. The summed E-state index contributed by atoms with van der Waals surface area (Å²) in [5.41, 5.74) is 2.39. The van der Waals surface area contributed by atoms with Gasteiger partial charge in [-0.3, -0.25) is 4.79 Å². The third-order valence-electron chi connectivity index (χ3n) is 3.67. The Labute approximate surface area is 132 Å². The van der Waals surface area contributed by atoms with Crippen molar-refractivity contribution in [1.82, 2.24) is 5.32 Å². The van der Waals surface area contributed by atoms with Crippen LogP contribution in [0.3, 0.4) is 0 Å². The van der Waals surface area contributed by atoms with Crippen LogP contribution in [-0.4, -0.2) is 12.0 Å². The number of hydrogen-bond donors (Lipinski definition) is 1. The molecule has 3 nitrogen and oxygen atoms in total. The Morgan fingerprint density at radius 3 is 2.27 bits per heavy atom. The van der Waals surface area contributed by atoms with E-state index in [4.69, 9.17) is 4.74 Å². The van der Waals surface area contributed by atoms with Gasteiger partial charge in [-0.15, -0.1) is 0 Å². The van der Waals surface area contributed by atoms with E-state index in [1.807, 2.05) is 37.3 Å². The molecule has 0 aliphatic heterocycles. The molecule has 0 saturated carbocycles. The molecule has 2 unspecified atom stereocenters. The molecular formula is C19H23NO2. The van der Waals surface area contributed by atoms with Gasteiger partial charge in [0.2, 0.25) is 0 Å². The second kappa shape index (κ2) is 7.64. The van der Waals surface area contributed by atoms with E-state index in [-0.39, 0.29) is 11.9 Å². The average Bonchev–Trinajstić information content (AvgIpc) is 2.55. The third kappa shape index (κ3) is 4.35. The average molecular weight is 297 g/mol. The van der Waals surface area contributed by atoms with Crippen LogP contribution in [0.25, 0.3) is 0 Å². The first-order valence-corrected chi connectivity index (χ1v) is 7.71. The molecule has 0 spiro atoms. The molecule has 0 aliphatic carbocycles. The first-order valence-electron chi connectivity index (χ1n) is 7.71. The van der Waals surface area contributed by atoms with Crippen LogP contribution in [0.15, 0.2) is 54.6 Å². The topological polar surface area (TPSA) is 38.3 Å². The van der Waals surface area contributed by atoms with Crippen LogP contribution in [0.2, 0.25) is 0 Å². The van der Waals surface area contributed by atoms with Gasteiger partial charge in [0.1, 0.15) is 5.75 Å². The molecule has 0 fully saturated rings. The number of para-hydroxylation sites is 1. The van der Waals surface area contributed by atoms with E-state index in [2.05, 4.69) is 36.5 Å². The minimum atomic E-state index is -0.528. The number of amides is 1. The highest BCUT2D eigenvalue weighted by Gasteiger charge is 2.17. The minimum Gasteiger partial charge on any atom is -0.481 e. The van der Waals surface area contributed by atoms with Crippen molar-refractivity contribution in [2.45, 2.75) is 39.3 Å². The molecule has 2 atom stereocenters. The fourth-order valence-electron chi connectivity index (χ4n) is 2.21. The molecule has 3 heteroatoms. The van der Waals surface area contributed by atoms with Crippen LogP contribution in [0, 0.1) is 0 Å². The van der Waals surface area contributed by atoms with Crippen molar-refractivity contribution in [3.05, 3.63) is 65.7 Å². The molecule has 0 saturated heterocycles. The van der Waals surface area contributed by atoms with Gasteiger partial charge in [-0.05, 0) is 43.5 Å². The summed E-state index contributed by atoms with van der Waals surface area (Å²) < 4.78 is 5.64. The van der Waals surface area contributed by atoms with Gasteiger partial charge in [0.05, 0.1) is 6.04 Å². The number of ether oxygens (including phenoxy) is 1. The highest BCUT2D eigenvalue weighted by Crippen LogP contribution is 2.15. The second-order valence-electron chi connectivity index (χ2n) is 5.40. The van der Waals surface area contributed by atoms with Crippen LogP contribution >= 0.6 is 0 Å². The second-order valence-corrected chi connectivity index (χ2v) is 5.40. The number of rotatable bonds is 6. The predicted molar refractivity (Wildman–Crippen MR) is 88.9 cm³/mol. The SMILES string of the molecule is CCc1ccc(C(C)NC(=O)C(C)Oc2ccccc2)cc1. The van der Waals surface area contributed by atoms with Crippen LogP contribution in [0.5, 0.6) is 5.75 Å². The third-order valence-corrected chi connectivity index (χ3v) is 3.67. The number of carbonyl (C=O) groups is 1. The highest BCUT2D eigenvalue weighted by atomic mass is 16.5. The van der Waals surface area contributed by atoms with Gasteiger partial charge in [0.15, 0.2) is 6.10 Å². The summed E-state index contributed by atoms with van der Waals surface area (Å²) in [5, 5.41) is 2.99. The van der Waals surface area contributed by atoms with Gasteiger partial charge >= 0.3 is 0 Å². The maximum Gasteiger partial charge on any atom is 0.261 e. The predicted octanol–water partition coefficient (Wildman–Crippen LogP) is 3.89. The fraction of sp³-hybridized carbons (Fsp3) is 0.316. The highest BCUT2D eigenvalue weighted by molar-refractivity contribution is 5.81. The standard InChI is InChI=1S/C19H23NO2/c1-4-16-10-12-17(13-11-16)14(2)20-19(21)15(3)22-18-8-6-5-7-9-18/h5-15H,4H2,1-3H3,(H,20,21). The first kappa shape index (κ1) is 16.1. The summed E-state index contributed by atoms with van der Waals surface area (Å²) in [6.45, 7) is 5.87. The van der Waals surface area contributed by atoms with Gasteiger partial charge in [-0.2, -0.15) is 0 Å². The van der Waals surface area contributed by atoms with Gasteiger partial charge in [-0.1, -0.05) is 49.4 Å². The molecular weight excluding hydrogens is 274 g/mol. The molecule has 116 valence electrons. The molecule has 1 N–H and O–H groups in total. The maximum absolute atomic E-state index is 12.2. The number of aryl methyl sites for hydroxylation is 1. The smallest absolute Gasteiger partial charge is 0.261 e. The van der Waals surface area contributed by atoms with Crippen molar-refractivity contribution in [3.8, 4) is 5.75 Å². The molecule has 2 aromatic carbocycles. The zero-order valence-corrected chi connectivity index (χ0v) is 13.4. The largest absolute Gasteiger partial charge is 0.481 e. The minimum absolute atomic E-state index is 0.0415. The summed E-state index contributed by atoms with van der Waals surface area (Å²) in [7, 11) is 0. The summed E-state index contributed by atoms with van der Waals surface area (Å²) in [5.74, 6) is 0.584. The van der Waals surface area contributed by atoms with Crippen molar-refractivity contribution >= 4 is 5.91 Å². The molecule has 2 aromatic rings. The number of nitrogens with one attached hydrogen (secondary N) is 1. The Balaban J connectivity index is 1.92. The molecule has 22 heavy (non-hydrogen) atoms. The van der Waals surface area contributed by atoms with Crippen molar-refractivity contribution < 1.29 is 9.53 Å². The van der Waals surface area contributed by atoms with Crippen molar-refractivity contribution in [2.24, 2.45) is 0 Å². The van der Waals surface area contributed by atoms with E-state index in [0.717, 1.165) is 12.0 Å². The number of benzene rings is 2. The molecule has 1 amide bonds. The van der Waals surface area contributed by atoms with E-state index >= 15 is 0 Å². The lowest BCUT2D eigenvalue weighted by Crippen LogP contribution is -2.37. The lowest BCUT2D eigenvalue weighted by atomic mass is 10.0. The Morgan fingerprint density at radius 2 is 1.68 bits per heavy atom. The van der Waals surface area contributed by atoms with E-state index in [9.17, 15) is 4.79 Å².